The Morgan fingerprint density at radius 2 is 1.83 bits per heavy atom. The van der Waals surface area contributed by atoms with Gasteiger partial charge in [0.2, 0.25) is 0 Å². The minimum absolute atomic E-state index is 0.425. The van der Waals surface area contributed by atoms with Crippen LogP contribution in [-0.2, 0) is 6.42 Å². The summed E-state index contributed by atoms with van der Waals surface area (Å²) in [6.07, 6.45) is 1.76. The number of aromatic nitrogens is 2. The predicted molar refractivity (Wildman–Crippen MR) is 76.5 cm³/mol. The number of benzene rings is 1. The van der Waals surface area contributed by atoms with E-state index in [0.29, 0.717) is 15.2 Å². The van der Waals surface area contributed by atoms with Crippen molar-refractivity contribution in [1.82, 2.24) is 9.97 Å². The molecule has 18 heavy (non-hydrogen) atoms. The first-order chi connectivity index (χ1) is 8.60. The minimum atomic E-state index is 0.425. The van der Waals surface area contributed by atoms with Crippen molar-refractivity contribution in [1.29, 1.82) is 0 Å². The van der Waals surface area contributed by atoms with Crippen molar-refractivity contribution in [2.75, 3.05) is 0 Å². The highest BCUT2D eigenvalue weighted by Crippen LogP contribution is 2.30. The lowest BCUT2D eigenvalue weighted by atomic mass is 10.1. The quantitative estimate of drug-likeness (QED) is 0.741. The monoisotopic (exact) mass is 300 g/mol. The minimum Gasteiger partial charge on any atom is -0.233 e. The Kier molecular flexibility index (Phi) is 4.44. The van der Waals surface area contributed by atoms with Crippen LogP contribution in [-0.4, -0.2) is 9.97 Å². The first kappa shape index (κ1) is 13.6. The van der Waals surface area contributed by atoms with Crippen molar-refractivity contribution in [2.45, 2.75) is 19.8 Å². The van der Waals surface area contributed by atoms with E-state index in [0.717, 1.165) is 29.9 Å². The number of rotatable bonds is 3. The van der Waals surface area contributed by atoms with Crippen molar-refractivity contribution in [2.24, 2.45) is 0 Å². The van der Waals surface area contributed by atoms with Gasteiger partial charge in [0.05, 0.1) is 10.7 Å². The van der Waals surface area contributed by atoms with E-state index in [1.807, 2.05) is 6.07 Å². The van der Waals surface area contributed by atoms with E-state index >= 15 is 0 Å². The van der Waals surface area contributed by atoms with Crippen LogP contribution in [0.2, 0.25) is 15.2 Å². The maximum atomic E-state index is 6.16. The molecule has 2 nitrogen and oxygen atoms in total. The fourth-order valence-corrected chi connectivity index (χ4v) is 2.34. The number of hydrogen-bond acceptors (Lipinski definition) is 2. The Bertz CT molecular complexity index is 570. The number of nitrogens with zero attached hydrogens (tertiary/aromatic N) is 2. The zero-order chi connectivity index (χ0) is 13.1. The summed E-state index contributed by atoms with van der Waals surface area (Å²) in [7, 11) is 0. The molecule has 2 aromatic rings. The van der Waals surface area contributed by atoms with E-state index in [-0.39, 0.29) is 0 Å². The molecule has 0 saturated carbocycles. The summed E-state index contributed by atoms with van der Waals surface area (Å²) in [6, 6.07) is 7.00. The molecule has 0 amide bonds. The van der Waals surface area contributed by atoms with E-state index < -0.39 is 0 Å². The Morgan fingerprint density at radius 1 is 1.06 bits per heavy atom. The van der Waals surface area contributed by atoms with Crippen LogP contribution in [0.3, 0.4) is 0 Å². The van der Waals surface area contributed by atoms with Gasteiger partial charge in [-0.05, 0) is 24.6 Å². The van der Waals surface area contributed by atoms with Gasteiger partial charge >= 0.3 is 0 Å². The van der Waals surface area contributed by atoms with Crippen molar-refractivity contribution < 1.29 is 0 Å². The molecule has 0 aliphatic rings. The summed E-state index contributed by atoms with van der Waals surface area (Å²) in [5.74, 6) is 0.728. The van der Waals surface area contributed by atoms with Crippen LogP contribution >= 0.6 is 34.8 Å². The lowest BCUT2D eigenvalue weighted by Gasteiger charge is -2.06. The van der Waals surface area contributed by atoms with Gasteiger partial charge in [0, 0.05) is 23.1 Å². The lowest BCUT2D eigenvalue weighted by Crippen LogP contribution is -1.97. The summed E-state index contributed by atoms with van der Waals surface area (Å²) in [4.78, 5) is 8.64. The maximum absolute atomic E-state index is 6.16. The summed E-state index contributed by atoms with van der Waals surface area (Å²) in [5.41, 5.74) is 1.53. The Balaban J connectivity index is 2.49. The Morgan fingerprint density at radius 3 is 2.50 bits per heavy atom. The smallest absolute Gasteiger partial charge is 0.133 e. The highest BCUT2D eigenvalue weighted by atomic mass is 35.5. The molecule has 0 fully saturated rings. The molecule has 0 unspecified atom stereocenters. The second-order valence-corrected chi connectivity index (χ2v) is 5.10. The molecule has 5 heteroatoms. The van der Waals surface area contributed by atoms with Gasteiger partial charge in [-0.2, -0.15) is 0 Å². The van der Waals surface area contributed by atoms with E-state index in [1.54, 1.807) is 18.2 Å². The summed E-state index contributed by atoms with van der Waals surface area (Å²) in [5, 5.41) is 1.58. The molecule has 1 aromatic carbocycles. The third-order valence-corrected chi connectivity index (χ3v) is 3.16. The average molecular weight is 302 g/mol. The van der Waals surface area contributed by atoms with E-state index in [2.05, 4.69) is 16.9 Å². The molecule has 2 rings (SSSR count). The van der Waals surface area contributed by atoms with Crippen LogP contribution in [0.25, 0.3) is 11.3 Å². The SMILES string of the molecule is CCCc1nc(Cl)cc(-c2ccc(Cl)cc2Cl)n1. The summed E-state index contributed by atoms with van der Waals surface area (Å²) < 4.78 is 0. The Hall–Kier alpha value is -0.830. The standard InChI is InChI=1S/C13H11Cl3N2/c1-2-3-13-17-11(7-12(16)18-13)9-5-4-8(14)6-10(9)15/h4-7H,2-3H2,1H3. The van der Waals surface area contributed by atoms with Gasteiger partial charge in [0.1, 0.15) is 11.0 Å². The summed E-state index contributed by atoms with van der Waals surface area (Å²) in [6.45, 7) is 2.07. The predicted octanol–water partition coefficient (Wildman–Crippen LogP) is 5.06. The molecule has 0 aliphatic carbocycles. The van der Waals surface area contributed by atoms with Crippen LogP contribution in [0.5, 0.6) is 0 Å². The van der Waals surface area contributed by atoms with Gasteiger partial charge in [-0.1, -0.05) is 41.7 Å². The Labute approximate surface area is 121 Å². The lowest BCUT2D eigenvalue weighted by molar-refractivity contribution is 0.836. The molecular weight excluding hydrogens is 291 g/mol. The highest BCUT2D eigenvalue weighted by Gasteiger charge is 2.09. The number of aryl methyl sites for hydroxylation is 1. The second kappa shape index (κ2) is 5.87. The highest BCUT2D eigenvalue weighted by molar-refractivity contribution is 6.36. The zero-order valence-electron chi connectivity index (χ0n) is 9.75. The molecular formula is C13H11Cl3N2. The fraction of sp³-hybridized carbons (Fsp3) is 0.231. The molecule has 1 aromatic heterocycles. The van der Waals surface area contributed by atoms with Crippen LogP contribution in [0.15, 0.2) is 24.3 Å². The molecule has 0 spiro atoms. The van der Waals surface area contributed by atoms with Crippen LogP contribution in [0.1, 0.15) is 19.2 Å². The third-order valence-electron chi connectivity index (χ3n) is 2.42. The van der Waals surface area contributed by atoms with Gasteiger partial charge in [-0.3, -0.25) is 0 Å². The van der Waals surface area contributed by atoms with Gasteiger partial charge < -0.3 is 0 Å². The molecule has 0 atom stereocenters. The average Bonchev–Trinajstić information content (AvgIpc) is 2.28. The van der Waals surface area contributed by atoms with Gasteiger partial charge in [0.25, 0.3) is 0 Å². The van der Waals surface area contributed by atoms with Crippen LogP contribution < -0.4 is 0 Å². The van der Waals surface area contributed by atoms with Crippen molar-refractivity contribution >= 4 is 34.8 Å². The number of hydrogen-bond donors (Lipinski definition) is 0. The molecule has 0 aliphatic heterocycles. The van der Waals surface area contributed by atoms with Gasteiger partial charge in [-0.25, -0.2) is 9.97 Å². The molecule has 94 valence electrons. The van der Waals surface area contributed by atoms with Crippen molar-refractivity contribution in [3.8, 4) is 11.3 Å². The normalized spacial score (nSPS) is 10.7. The summed E-state index contributed by atoms with van der Waals surface area (Å²) >= 11 is 18.0. The van der Waals surface area contributed by atoms with Crippen molar-refractivity contribution in [3.63, 3.8) is 0 Å². The van der Waals surface area contributed by atoms with Gasteiger partial charge in [0.15, 0.2) is 0 Å². The molecule has 0 saturated heterocycles. The van der Waals surface area contributed by atoms with E-state index in [4.69, 9.17) is 34.8 Å². The third kappa shape index (κ3) is 3.14. The first-order valence-electron chi connectivity index (χ1n) is 5.59. The van der Waals surface area contributed by atoms with Crippen LogP contribution in [0.4, 0.5) is 0 Å². The zero-order valence-corrected chi connectivity index (χ0v) is 12.0. The van der Waals surface area contributed by atoms with Crippen LogP contribution in [0, 0.1) is 0 Å². The molecule has 1 heterocycles. The van der Waals surface area contributed by atoms with Gasteiger partial charge in [-0.15, -0.1) is 0 Å². The maximum Gasteiger partial charge on any atom is 0.133 e. The molecule has 0 radical (unpaired) electrons. The topological polar surface area (TPSA) is 25.8 Å². The second-order valence-electron chi connectivity index (χ2n) is 3.87. The molecule has 0 N–H and O–H groups in total. The largest absolute Gasteiger partial charge is 0.233 e. The van der Waals surface area contributed by atoms with Crippen molar-refractivity contribution in [3.05, 3.63) is 45.3 Å². The number of halogens is 3. The fourth-order valence-electron chi connectivity index (χ4n) is 1.64. The van der Waals surface area contributed by atoms with E-state index in [1.165, 1.54) is 0 Å². The molecule has 0 bridgehead atoms. The first-order valence-corrected chi connectivity index (χ1v) is 6.72. The van der Waals surface area contributed by atoms with E-state index in [9.17, 15) is 0 Å².